The molecule has 1 aromatic heterocycles. The van der Waals surface area contributed by atoms with Gasteiger partial charge in [-0.2, -0.15) is 0 Å². The summed E-state index contributed by atoms with van der Waals surface area (Å²) in [5.74, 6) is 0.695. The van der Waals surface area contributed by atoms with Crippen molar-refractivity contribution in [3.8, 4) is 0 Å². The lowest BCUT2D eigenvalue weighted by Gasteiger charge is -2.28. The predicted octanol–water partition coefficient (Wildman–Crippen LogP) is 3.43. The van der Waals surface area contributed by atoms with Gasteiger partial charge in [-0.05, 0) is 52.0 Å². The number of hydrogen-bond donors (Lipinski definition) is 2. The standard InChI is InChI=1S/C24H37N5O2/c1-17-25-15-20(24(31)28-19-11-6-3-7-12-19)23(26-17)21-13-8-14-29(21)16-22(30)27-18-9-4-2-5-10-18/h15,18-19,21H,2-14,16H2,1H3,(H,27,30)(H,28,31)/t21-/m0/s1. The molecular formula is C24H37N5O2. The van der Waals surface area contributed by atoms with E-state index in [1.807, 2.05) is 6.92 Å². The first-order valence-electron chi connectivity index (χ1n) is 12.3. The van der Waals surface area contributed by atoms with Crippen molar-refractivity contribution in [2.24, 2.45) is 0 Å². The Balaban J connectivity index is 1.44. The maximum atomic E-state index is 13.1. The summed E-state index contributed by atoms with van der Waals surface area (Å²) in [5.41, 5.74) is 1.35. The summed E-state index contributed by atoms with van der Waals surface area (Å²) in [7, 11) is 0. The molecule has 2 amide bonds. The zero-order chi connectivity index (χ0) is 21.6. The number of aryl methyl sites for hydroxylation is 1. The fourth-order valence-electron chi connectivity index (χ4n) is 5.46. The van der Waals surface area contributed by atoms with Gasteiger partial charge >= 0.3 is 0 Å². The van der Waals surface area contributed by atoms with Crippen LogP contribution in [0, 0.1) is 6.92 Å². The smallest absolute Gasteiger partial charge is 0.254 e. The quantitative estimate of drug-likeness (QED) is 0.726. The summed E-state index contributed by atoms with van der Waals surface area (Å²) in [5, 5.41) is 6.44. The molecule has 1 saturated heterocycles. The van der Waals surface area contributed by atoms with E-state index in [2.05, 4.69) is 20.5 Å². The molecule has 4 rings (SSSR count). The van der Waals surface area contributed by atoms with Crippen LogP contribution in [0.1, 0.15) is 105 Å². The van der Waals surface area contributed by atoms with E-state index in [9.17, 15) is 9.59 Å². The normalized spacial score (nSPS) is 23.6. The van der Waals surface area contributed by atoms with E-state index in [0.717, 1.165) is 50.8 Å². The molecule has 2 N–H and O–H groups in total. The number of amides is 2. The van der Waals surface area contributed by atoms with E-state index in [1.165, 1.54) is 38.5 Å². The first-order chi connectivity index (χ1) is 15.1. The van der Waals surface area contributed by atoms with Gasteiger partial charge in [0.2, 0.25) is 5.91 Å². The van der Waals surface area contributed by atoms with Crippen molar-refractivity contribution < 1.29 is 9.59 Å². The summed E-state index contributed by atoms with van der Waals surface area (Å²) in [6, 6.07) is 0.558. The Morgan fingerprint density at radius 2 is 1.58 bits per heavy atom. The molecule has 1 aliphatic heterocycles. The molecule has 7 heteroatoms. The summed E-state index contributed by atoms with van der Waals surface area (Å²) >= 11 is 0. The van der Waals surface area contributed by atoms with E-state index < -0.39 is 0 Å². The molecule has 2 aliphatic carbocycles. The Bertz CT molecular complexity index is 771. The van der Waals surface area contributed by atoms with Crippen molar-refractivity contribution in [3.63, 3.8) is 0 Å². The average Bonchev–Trinajstić information content (AvgIpc) is 3.22. The molecule has 2 saturated carbocycles. The Morgan fingerprint density at radius 1 is 0.935 bits per heavy atom. The molecule has 170 valence electrons. The van der Waals surface area contributed by atoms with Crippen molar-refractivity contribution in [2.75, 3.05) is 13.1 Å². The summed E-state index contributed by atoms with van der Waals surface area (Å²) in [4.78, 5) is 37.0. The zero-order valence-electron chi connectivity index (χ0n) is 18.9. The number of carbonyl (C=O) groups excluding carboxylic acids is 2. The van der Waals surface area contributed by atoms with Crippen LogP contribution in [-0.4, -0.2) is 51.9 Å². The lowest BCUT2D eigenvalue weighted by Crippen LogP contribution is -2.43. The first kappa shape index (κ1) is 22.2. The minimum Gasteiger partial charge on any atom is -0.352 e. The highest BCUT2D eigenvalue weighted by molar-refractivity contribution is 5.95. The minimum atomic E-state index is -0.0691. The largest absolute Gasteiger partial charge is 0.352 e. The summed E-state index contributed by atoms with van der Waals surface area (Å²) in [6.45, 7) is 3.09. The molecule has 0 spiro atoms. The first-order valence-corrected chi connectivity index (χ1v) is 12.3. The van der Waals surface area contributed by atoms with Crippen LogP contribution in [0.25, 0.3) is 0 Å². The van der Waals surface area contributed by atoms with Crippen LogP contribution in [0.3, 0.4) is 0 Å². The van der Waals surface area contributed by atoms with E-state index in [0.29, 0.717) is 24.0 Å². The third kappa shape index (κ3) is 5.82. The van der Waals surface area contributed by atoms with E-state index in [-0.39, 0.29) is 23.9 Å². The monoisotopic (exact) mass is 427 g/mol. The number of rotatable bonds is 6. The number of likely N-dealkylation sites (tertiary alicyclic amines) is 1. The predicted molar refractivity (Wildman–Crippen MR) is 120 cm³/mol. The van der Waals surface area contributed by atoms with Gasteiger partial charge in [0.25, 0.3) is 5.91 Å². The summed E-state index contributed by atoms with van der Waals surface area (Å²) in [6.07, 6.45) is 15.2. The second-order valence-corrected chi connectivity index (χ2v) is 9.56. The molecule has 0 aromatic carbocycles. The fourth-order valence-corrected chi connectivity index (χ4v) is 5.46. The van der Waals surface area contributed by atoms with E-state index in [4.69, 9.17) is 4.98 Å². The fraction of sp³-hybridized carbons (Fsp3) is 0.750. The van der Waals surface area contributed by atoms with Crippen LogP contribution in [0.5, 0.6) is 0 Å². The van der Waals surface area contributed by atoms with Gasteiger partial charge in [0, 0.05) is 18.3 Å². The van der Waals surface area contributed by atoms with Gasteiger partial charge in [0.1, 0.15) is 5.82 Å². The highest BCUT2D eigenvalue weighted by atomic mass is 16.2. The highest BCUT2D eigenvalue weighted by Crippen LogP contribution is 2.32. The molecule has 3 aliphatic rings. The van der Waals surface area contributed by atoms with Crippen molar-refractivity contribution in [2.45, 2.75) is 102 Å². The van der Waals surface area contributed by atoms with Crippen LogP contribution in [-0.2, 0) is 4.79 Å². The van der Waals surface area contributed by atoms with Crippen LogP contribution in [0.4, 0.5) is 0 Å². The van der Waals surface area contributed by atoms with Gasteiger partial charge in [-0.3, -0.25) is 14.5 Å². The minimum absolute atomic E-state index is 0.00842. The molecule has 1 atom stereocenters. The lowest BCUT2D eigenvalue weighted by atomic mass is 9.95. The van der Waals surface area contributed by atoms with Crippen LogP contribution in [0.2, 0.25) is 0 Å². The van der Waals surface area contributed by atoms with Crippen molar-refractivity contribution in [3.05, 3.63) is 23.3 Å². The lowest BCUT2D eigenvalue weighted by molar-refractivity contribution is -0.123. The second kappa shape index (κ2) is 10.5. The third-order valence-electron chi connectivity index (χ3n) is 7.12. The Hall–Kier alpha value is -2.02. The molecule has 31 heavy (non-hydrogen) atoms. The number of nitrogens with one attached hydrogen (secondary N) is 2. The van der Waals surface area contributed by atoms with Gasteiger partial charge in [-0.15, -0.1) is 0 Å². The molecular weight excluding hydrogens is 390 g/mol. The van der Waals surface area contributed by atoms with Crippen LogP contribution < -0.4 is 10.6 Å². The Kier molecular flexibility index (Phi) is 7.54. The molecule has 1 aromatic rings. The maximum Gasteiger partial charge on any atom is 0.254 e. The number of carbonyl (C=O) groups is 2. The highest BCUT2D eigenvalue weighted by Gasteiger charge is 2.33. The van der Waals surface area contributed by atoms with Crippen LogP contribution >= 0.6 is 0 Å². The summed E-state index contributed by atoms with van der Waals surface area (Å²) < 4.78 is 0. The maximum absolute atomic E-state index is 13.1. The van der Waals surface area contributed by atoms with Gasteiger partial charge in [0.05, 0.1) is 23.8 Å². The molecule has 3 fully saturated rings. The topological polar surface area (TPSA) is 87.2 Å². The van der Waals surface area contributed by atoms with Gasteiger partial charge < -0.3 is 10.6 Å². The van der Waals surface area contributed by atoms with Crippen molar-refractivity contribution >= 4 is 11.8 Å². The second-order valence-electron chi connectivity index (χ2n) is 9.56. The molecule has 0 radical (unpaired) electrons. The van der Waals surface area contributed by atoms with Crippen LogP contribution in [0.15, 0.2) is 6.20 Å². The number of nitrogens with zero attached hydrogens (tertiary/aromatic N) is 3. The number of hydrogen-bond acceptors (Lipinski definition) is 5. The van der Waals surface area contributed by atoms with Gasteiger partial charge in [-0.1, -0.05) is 38.5 Å². The van der Waals surface area contributed by atoms with Gasteiger partial charge in [-0.25, -0.2) is 9.97 Å². The molecule has 0 bridgehead atoms. The third-order valence-corrected chi connectivity index (χ3v) is 7.12. The van der Waals surface area contributed by atoms with Crippen molar-refractivity contribution in [1.82, 2.24) is 25.5 Å². The SMILES string of the molecule is Cc1ncc(C(=O)NC2CCCCC2)c([C@@H]2CCCN2CC(=O)NC2CCCCC2)n1. The molecule has 7 nitrogen and oxygen atoms in total. The van der Waals surface area contributed by atoms with Crippen molar-refractivity contribution in [1.29, 1.82) is 0 Å². The Labute approximate surface area is 185 Å². The average molecular weight is 428 g/mol. The number of aromatic nitrogens is 2. The molecule has 2 heterocycles. The molecule has 0 unspecified atom stereocenters. The Morgan fingerprint density at radius 3 is 2.26 bits per heavy atom. The van der Waals surface area contributed by atoms with Gasteiger partial charge in [0.15, 0.2) is 0 Å². The van der Waals surface area contributed by atoms with E-state index >= 15 is 0 Å². The zero-order valence-corrected chi connectivity index (χ0v) is 18.9. The van der Waals surface area contributed by atoms with E-state index in [1.54, 1.807) is 6.20 Å².